The number of ether oxygens (including phenoxy) is 1. The molecule has 3 fully saturated rings. The molecule has 1 spiro atoms. The molecule has 144 valence electrons. The number of piperidine rings is 1. The molecular formula is C20H37N3O2. The van der Waals surface area contributed by atoms with Crippen LogP contribution in [0.2, 0.25) is 0 Å². The van der Waals surface area contributed by atoms with E-state index >= 15 is 0 Å². The quantitative estimate of drug-likeness (QED) is 0.819. The molecule has 1 heterocycles. The first-order valence-electron chi connectivity index (χ1n) is 10.2. The minimum absolute atomic E-state index is 0.264. The molecule has 0 bridgehead atoms. The number of likely N-dealkylation sites (tertiary alicyclic amines) is 1. The Morgan fingerprint density at radius 2 is 1.76 bits per heavy atom. The summed E-state index contributed by atoms with van der Waals surface area (Å²) in [5, 5.41) is 3.04. The van der Waals surface area contributed by atoms with Crippen LogP contribution in [0.15, 0.2) is 0 Å². The lowest BCUT2D eigenvalue weighted by molar-refractivity contribution is -0.00669. The second-order valence-corrected chi connectivity index (χ2v) is 9.83. The van der Waals surface area contributed by atoms with Crippen LogP contribution < -0.4 is 11.1 Å². The van der Waals surface area contributed by atoms with Gasteiger partial charge < -0.3 is 20.7 Å². The molecule has 5 nitrogen and oxygen atoms in total. The van der Waals surface area contributed by atoms with Gasteiger partial charge in [-0.05, 0) is 96.6 Å². The van der Waals surface area contributed by atoms with Gasteiger partial charge in [0.05, 0.1) is 0 Å². The van der Waals surface area contributed by atoms with E-state index in [4.69, 9.17) is 10.5 Å². The lowest BCUT2D eigenvalue weighted by atomic mass is 9.60. The number of carbonyl (C=O) groups excluding carboxylic acids is 1. The van der Waals surface area contributed by atoms with Crippen LogP contribution in [0.25, 0.3) is 0 Å². The van der Waals surface area contributed by atoms with Crippen LogP contribution in [-0.4, -0.2) is 48.3 Å². The maximum Gasteiger partial charge on any atom is 0.407 e. The lowest BCUT2D eigenvalue weighted by Gasteiger charge is -2.52. The number of amides is 1. The maximum absolute atomic E-state index is 11.9. The highest BCUT2D eigenvalue weighted by atomic mass is 16.6. The first kappa shape index (κ1) is 19.0. The van der Waals surface area contributed by atoms with Gasteiger partial charge in [0.2, 0.25) is 0 Å². The van der Waals surface area contributed by atoms with Crippen LogP contribution in [0.3, 0.4) is 0 Å². The van der Waals surface area contributed by atoms with Crippen molar-refractivity contribution >= 4 is 6.09 Å². The van der Waals surface area contributed by atoms with Crippen LogP contribution in [0.1, 0.15) is 72.1 Å². The molecule has 0 aromatic carbocycles. The van der Waals surface area contributed by atoms with E-state index in [1.54, 1.807) is 0 Å². The number of alkyl carbamates (subject to hydrolysis) is 1. The molecule has 0 aromatic rings. The van der Waals surface area contributed by atoms with Gasteiger partial charge in [-0.25, -0.2) is 4.79 Å². The zero-order valence-corrected chi connectivity index (χ0v) is 16.4. The smallest absolute Gasteiger partial charge is 0.407 e. The fraction of sp³-hybridized carbons (Fsp3) is 0.950. The lowest BCUT2D eigenvalue weighted by Crippen LogP contribution is -2.55. The molecule has 2 saturated carbocycles. The van der Waals surface area contributed by atoms with Crippen molar-refractivity contribution in [1.29, 1.82) is 0 Å². The Morgan fingerprint density at radius 3 is 2.32 bits per heavy atom. The summed E-state index contributed by atoms with van der Waals surface area (Å²) < 4.78 is 5.36. The van der Waals surface area contributed by atoms with E-state index in [2.05, 4.69) is 10.2 Å². The summed E-state index contributed by atoms with van der Waals surface area (Å²) in [7, 11) is 0. The fourth-order valence-corrected chi connectivity index (χ4v) is 4.92. The number of rotatable bonds is 3. The minimum atomic E-state index is -0.417. The van der Waals surface area contributed by atoms with E-state index in [0.29, 0.717) is 17.5 Å². The van der Waals surface area contributed by atoms with Crippen molar-refractivity contribution in [2.75, 3.05) is 19.6 Å². The molecule has 0 radical (unpaired) electrons. The van der Waals surface area contributed by atoms with Gasteiger partial charge in [0, 0.05) is 18.6 Å². The highest BCUT2D eigenvalue weighted by Gasteiger charge is 2.46. The monoisotopic (exact) mass is 351 g/mol. The molecule has 0 atom stereocenters. The van der Waals surface area contributed by atoms with Crippen molar-refractivity contribution in [3.63, 3.8) is 0 Å². The van der Waals surface area contributed by atoms with E-state index in [-0.39, 0.29) is 6.09 Å². The predicted molar refractivity (Wildman–Crippen MR) is 100 cm³/mol. The Kier molecular flexibility index (Phi) is 5.64. The average Bonchev–Trinajstić information content (AvgIpc) is 2.48. The van der Waals surface area contributed by atoms with Gasteiger partial charge in [-0.2, -0.15) is 0 Å². The van der Waals surface area contributed by atoms with Crippen LogP contribution in [-0.2, 0) is 4.74 Å². The molecule has 0 unspecified atom stereocenters. The maximum atomic E-state index is 11.9. The highest BCUT2D eigenvalue weighted by molar-refractivity contribution is 5.68. The van der Waals surface area contributed by atoms with Crippen molar-refractivity contribution in [3.8, 4) is 0 Å². The van der Waals surface area contributed by atoms with Gasteiger partial charge in [-0.1, -0.05) is 0 Å². The SMILES string of the molecule is CC(C)(C)OC(=O)NC1CC2(CCN(CC3CCC(N)CC3)CC2)C1. The molecule has 3 N–H and O–H groups in total. The average molecular weight is 352 g/mol. The molecule has 2 aliphatic carbocycles. The first-order chi connectivity index (χ1) is 11.7. The third-order valence-electron chi connectivity index (χ3n) is 6.40. The van der Waals surface area contributed by atoms with Gasteiger partial charge in [-0.15, -0.1) is 0 Å². The van der Waals surface area contributed by atoms with Crippen LogP contribution in [0.4, 0.5) is 4.79 Å². The number of hydrogen-bond acceptors (Lipinski definition) is 4. The van der Waals surface area contributed by atoms with Gasteiger partial charge in [0.15, 0.2) is 0 Å². The number of nitrogens with zero attached hydrogens (tertiary/aromatic N) is 1. The molecule has 25 heavy (non-hydrogen) atoms. The second-order valence-electron chi connectivity index (χ2n) is 9.83. The zero-order valence-electron chi connectivity index (χ0n) is 16.4. The van der Waals surface area contributed by atoms with Gasteiger partial charge in [0.25, 0.3) is 0 Å². The number of hydrogen-bond donors (Lipinski definition) is 2. The Bertz CT molecular complexity index is 450. The van der Waals surface area contributed by atoms with Gasteiger partial charge >= 0.3 is 6.09 Å². The van der Waals surface area contributed by atoms with E-state index in [9.17, 15) is 4.79 Å². The van der Waals surface area contributed by atoms with E-state index in [1.165, 1.54) is 58.2 Å². The summed E-state index contributed by atoms with van der Waals surface area (Å²) in [5.74, 6) is 0.858. The van der Waals surface area contributed by atoms with Crippen molar-refractivity contribution in [2.45, 2.75) is 89.8 Å². The van der Waals surface area contributed by atoms with Crippen molar-refractivity contribution < 1.29 is 9.53 Å². The Hall–Kier alpha value is -0.810. The summed E-state index contributed by atoms with van der Waals surface area (Å²) in [6.07, 6.45) is 9.59. The van der Waals surface area contributed by atoms with Gasteiger partial charge in [0.1, 0.15) is 5.60 Å². The topological polar surface area (TPSA) is 67.6 Å². The summed E-state index contributed by atoms with van der Waals surface area (Å²) in [6, 6.07) is 0.756. The third kappa shape index (κ3) is 5.33. The first-order valence-corrected chi connectivity index (χ1v) is 10.2. The molecular weight excluding hydrogens is 314 g/mol. The van der Waals surface area contributed by atoms with Crippen LogP contribution in [0.5, 0.6) is 0 Å². The zero-order chi connectivity index (χ0) is 18.1. The molecule has 1 aliphatic heterocycles. The molecule has 3 aliphatic rings. The summed E-state index contributed by atoms with van der Waals surface area (Å²) in [6.45, 7) is 9.44. The molecule has 0 aromatic heterocycles. The standard InChI is InChI=1S/C20H37N3O2/c1-19(2,3)25-18(24)22-17-12-20(13-17)8-10-23(11-9-20)14-15-4-6-16(21)7-5-15/h15-17H,4-14,21H2,1-3H3,(H,22,24). The second kappa shape index (κ2) is 7.43. The van der Waals surface area contributed by atoms with Crippen molar-refractivity contribution in [2.24, 2.45) is 17.1 Å². The molecule has 3 rings (SSSR count). The fourth-order valence-electron chi connectivity index (χ4n) is 4.92. The van der Waals surface area contributed by atoms with Crippen LogP contribution >= 0.6 is 0 Å². The van der Waals surface area contributed by atoms with Crippen molar-refractivity contribution in [3.05, 3.63) is 0 Å². The minimum Gasteiger partial charge on any atom is -0.444 e. The number of carbonyl (C=O) groups is 1. The Labute approximate surface area is 153 Å². The number of nitrogens with two attached hydrogens (primary N) is 1. The normalized spacial score (nSPS) is 30.7. The highest BCUT2D eigenvalue weighted by Crippen LogP contribution is 2.49. The van der Waals surface area contributed by atoms with E-state index in [1.807, 2.05) is 20.8 Å². The van der Waals surface area contributed by atoms with Crippen LogP contribution in [0, 0.1) is 11.3 Å². The third-order valence-corrected chi connectivity index (χ3v) is 6.40. The van der Waals surface area contributed by atoms with E-state index < -0.39 is 5.60 Å². The van der Waals surface area contributed by atoms with Gasteiger partial charge in [-0.3, -0.25) is 0 Å². The summed E-state index contributed by atoms with van der Waals surface area (Å²) >= 11 is 0. The van der Waals surface area contributed by atoms with Crippen molar-refractivity contribution in [1.82, 2.24) is 10.2 Å². The Balaban J connectivity index is 1.34. The summed E-state index contributed by atoms with van der Waals surface area (Å²) in [5.41, 5.74) is 6.08. The van der Waals surface area contributed by atoms with E-state index in [0.717, 1.165) is 18.8 Å². The predicted octanol–water partition coefficient (Wildman–Crippen LogP) is 3.27. The molecule has 1 amide bonds. The largest absolute Gasteiger partial charge is 0.444 e. The molecule has 1 saturated heterocycles. The summed E-state index contributed by atoms with van der Waals surface area (Å²) in [4.78, 5) is 14.5. The number of nitrogens with one attached hydrogen (secondary N) is 1. The molecule has 5 heteroatoms. The Morgan fingerprint density at radius 1 is 1.16 bits per heavy atom.